The third kappa shape index (κ3) is 5.49. The van der Waals surface area contributed by atoms with E-state index in [-0.39, 0.29) is 18.9 Å². The molecule has 6 nitrogen and oxygen atoms in total. The molecular formula is C28H28FN3O3S. The van der Waals surface area contributed by atoms with Crippen molar-refractivity contribution in [2.24, 2.45) is 0 Å². The second-order valence-electron chi connectivity index (χ2n) is 8.71. The number of carbonyl (C=O) groups excluding carboxylic acids is 2. The first kappa shape index (κ1) is 25.6. The number of thiophene rings is 1. The first-order chi connectivity index (χ1) is 17.4. The van der Waals surface area contributed by atoms with Crippen molar-refractivity contribution < 1.29 is 19.1 Å². The fraction of sp³-hybridized carbons (Fsp3) is 0.286. The van der Waals surface area contributed by atoms with Crippen LogP contribution in [0.3, 0.4) is 0 Å². The van der Waals surface area contributed by atoms with Crippen molar-refractivity contribution in [2.75, 3.05) is 6.54 Å². The van der Waals surface area contributed by atoms with Crippen LogP contribution in [0.4, 0.5) is 4.39 Å². The summed E-state index contributed by atoms with van der Waals surface area (Å²) < 4.78 is 15.1. The second kappa shape index (κ2) is 11.0. The van der Waals surface area contributed by atoms with Gasteiger partial charge in [0.15, 0.2) is 0 Å². The van der Waals surface area contributed by atoms with Gasteiger partial charge in [-0.05, 0) is 65.1 Å². The van der Waals surface area contributed by atoms with E-state index in [1.165, 1.54) is 0 Å². The van der Waals surface area contributed by atoms with Crippen molar-refractivity contribution in [3.8, 4) is 22.8 Å². The van der Waals surface area contributed by atoms with E-state index in [1.54, 1.807) is 41.7 Å². The van der Waals surface area contributed by atoms with Crippen LogP contribution < -0.4 is 16.0 Å². The van der Waals surface area contributed by atoms with Crippen LogP contribution in [0.1, 0.15) is 48.2 Å². The van der Waals surface area contributed by atoms with Crippen LogP contribution in [0.2, 0.25) is 0 Å². The van der Waals surface area contributed by atoms with E-state index in [9.17, 15) is 14.7 Å². The van der Waals surface area contributed by atoms with Gasteiger partial charge in [0.2, 0.25) is 0 Å². The topological polar surface area (TPSA) is 90.5 Å². The summed E-state index contributed by atoms with van der Waals surface area (Å²) >= 11 is 1.57. The largest absolute Gasteiger partial charge is 0.374 e. The molecular weight excluding hydrogens is 477 g/mol. The number of benzene rings is 2. The van der Waals surface area contributed by atoms with E-state index in [4.69, 9.17) is 6.42 Å². The van der Waals surface area contributed by atoms with Crippen LogP contribution in [0.15, 0.2) is 53.9 Å². The summed E-state index contributed by atoms with van der Waals surface area (Å²) in [5, 5.41) is 21.3. The lowest BCUT2D eigenvalue weighted by Gasteiger charge is -2.25. The molecule has 0 saturated heterocycles. The highest BCUT2D eigenvalue weighted by Gasteiger charge is 2.46. The Hall–Kier alpha value is -3.51. The van der Waals surface area contributed by atoms with Gasteiger partial charge in [-0.2, -0.15) is 0 Å². The SMILES string of the molecule is C#CCNC(=O)C(=O)NCc1ccccc1C(O)NC1(c2cc(F)c(CC)c(-c3cccs3)c2)CC1. The maximum Gasteiger partial charge on any atom is 0.310 e. The molecule has 8 heteroatoms. The van der Waals surface area contributed by atoms with E-state index in [0.29, 0.717) is 23.1 Å². The van der Waals surface area contributed by atoms with Gasteiger partial charge in [0.05, 0.1) is 6.54 Å². The van der Waals surface area contributed by atoms with Gasteiger partial charge < -0.3 is 15.7 Å². The lowest BCUT2D eigenvalue weighted by atomic mass is 9.94. The molecule has 3 aromatic rings. The van der Waals surface area contributed by atoms with E-state index in [2.05, 4.69) is 21.9 Å². The Labute approximate surface area is 213 Å². The average Bonchev–Trinajstić information content (AvgIpc) is 3.45. The lowest BCUT2D eigenvalue weighted by Crippen LogP contribution is -2.40. The molecule has 186 valence electrons. The monoisotopic (exact) mass is 505 g/mol. The second-order valence-corrected chi connectivity index (χ2v) is 9.66. The van der Waals surface area contributed by atoms with Crippen molar-refractivity contribution in [1.82, 2.24) is 16.0 Å². The zero-order valence-electron chi connectivity index (χ0n) is 19.9. The summed E-state index contributed by atoms with van der Waals surface area (Å²) in [6.07, 6.45) is 6.14. The van der Waals surface area contributed by atoms with Gasteiger partial charge in [-0.25, -0.2) is 4.39 Å². The predicted octanol–water partition coefficient (Wildman–Crippen LogP) is 3.75. The van der Waals surface area contributed by atoms with Crippen LogP contribution >= 0.6 is 11.3 Å². The fourth-order valence-electron chi connectivity index (χ4n) is 4.33. The van der Waals surface area contributed by atoms with Crippen LogP contribution in [-0.2, 0) is 28.1 Å². The third-order valence-corrected chi connectivity index (χ3v) is 7.30. The Morgan fingerprint density at radius 3 is 2.58 bits per heavy atom. The van der Waals surface area contributed by atoms with Crippen LogP contribution in [0.5, 0.6) is 0 Å². The van der Waals surface area contributed by atoms with Gasteiger partial charge in [0, 0.05) is 22.5 Å². The third-order valence-electron chi connectivity index (χ3n) is 6.40. The summed E-state index contributed by atoms with van der Waals surface area (Å²) in [4.78, 5) is 24.8. The van der Waals surface area contributed by atoms with Gasteiger partial charge >= 0.3 is 11.8 Å². The molecule has 1 saturated carbocycles. The van der Waals surface area contributed by atoms with Gasteiger partial charge in [0.1, 0.15) is 12.0 Å². The molecule has 0 aliphatic heterocycles. The molecule has 4 rings (SSSR count). The molecule has 1 aromatic heterocycles. The molecule has 0 radical (unpaired) electrons. The van der Waals surface area contributed by atoms with E-state index in [0.717, 1.165) is 28.8 Å². The highest BCUT2D eigenvalue weighted by molar-refractivity contribution is 7.13. The number of carbonyl (C=O) groups is 2. The minimum Gasteiger partial charge on any atom is -0.374 e. The molecule has 1 fully saturated rings. The first-order valence-electron chi connectivity index (χ1n) is 11.8. The van der Waals surface area contributed by atoms with Crippen molar-refractivity contribution in [1.29, 1.82) is 0 Å². The molecule has 1 heterocycles. The number of aliphatic hydroxyl groups is 1. The van der Waals surface area contributed by atoms with E-state index in [1.807, 2.05) is 30.5 Å². The molecule has 2 aromatic carbocycles. The smallest absolute Gasteiger partial charge is 0.310 e. The molecule has 2 amide bonds. The van der Waals surface area contributed by atoms with Gasteiger partial charge in [-0.1, -0.05) is 43.2 Å². The Morgan fingerprint density at radius 1 is 1.17 bits per heavy atom. The summed E-state index contributed by atoms with van der Waals surface area (Å²) in [6, 6.07) is 14.6. The minimum atomic E-state index is -1.06. The molecule has 4 N–H and O–H groups in total. The molecule has 36 heavy (non-hydrogen) atoms. The van der Waals surface area contributed by atoms with Crippen LogP contribution in [0, 0.1) is 18.2 Å². The van der Waals surface area contributed by atoms with Gasteiger partial charge in [-0.3, -0.25) is 14.9 Å². The Kier molecular flexibility index (Phi) is 7.85. The maximum atomic E-state index is 15.1. The summed E-state index contributed by atoms with van der Waals surface area (Å²) in [5.41, 5.74) is 3.04. The molecule has 1 aliphatic carbocycles. The Morgan fingerprint density at radius 2 is 1.92 bits per heavy atom. The number of halogens is 1. The fourth-order valence-corrected chi connectivity index (χ4v) is 5.10. The standard InChI is InChI=1S/C28H28FN3O3S/c1-3-13-30-26(34)27(35)31-17-18-8-5-6-9-21(18)25(33)32-28(11-12-28)19-15-22(24-10-7-14-36-24)20(4-2)23(29)16-19/h1,5-10,14-16,25,32-33H,4,11-13,17H2,2H3,(H,30,34)(H,31,35). The van der Waals surface area contributed by atoms with Gasteiger partial charge in [0.25, 0.3) is 0 Å². The summed E-state index contributed by atoms with van der Waals surface area (Å²) in [5.74, 6) is 0.363. The molecule has 1 atom stereocenters. The highest BCUT2D eigenvalue weighted by atomic mass is 32.1. The molecule has 1 unspecified atom stereocenters. The van der Waals surface area contributed by atoms with Crippen molar-refractivity contribution in [3.05, 3.63) is 82.0 Å². The van der Waals surface area contributed by atoms with Crippen molar-refractivity contribution in [2.45, 2.75) is 44.5 Å². The summed E-state index contributed by atoms with van der Waals surface area (Å²) in [7, 11) is 0. The predicted molar refractivity (Wildman–Crippen MR) is 138 cm³/mol. The van der Waals surface area contributed by atoms with Gasteiger partial charge in [-0.15, -0.1) is 17.8 Å². The zero-order valence-corrected chi connectivity index (χ0v) is 20.8. The van der Waals surface area contributed by atoms with Crippen molar-refractivity contribution in [3.63, 3.8) is 0 Å². The maximum absolute atomic E-state index is 15.1. The first-order valence-corrected chi connectivity index (χ1v) is 12.7. The number of terminal acetylenes is 1. The molecule has 1 aliphatic rings. The average molecular weight is 506 g/mol. The van der Waals surface area contributed by atoms with E-state index < -0.39 is 23.6 Å². The van der Waals surface area contributed by atoms with Crippen molar-refractivity contribution >= 4 is 23.2 Å². The number of rotatable bonds is 9. The zero-order chi connectivity index (χ0) is 25.7. The van der Waals surface area contributed by atoms with Crippen LogP contribution in [0.25, 0.3) is 10.4 Å². The number of amides is 2. The lowest BCUT2D eigenvalue weighted by molar-refractivity contribution is -0.139. The number of nitrogens with one attached hydrogen (secondary N) is 3. The number of hydrogen-bond acceptors (Lipinski definition) is 5. The molecule has 0 spiro atoms. The van der Waals surface area contributed by atoms with E-state index >= 15 is 4.39 Å². The highest BCUT2D eigenvalue weighted by Crippen LogP contribution is 2.49. The Balaban J connectivity index is 1.53. The molecule has 0 bridgehead atoms. The Bertz CT molecular complexity index is 1300. The summed E-state index contributed by atoms with van der Waals surface area (Å²) in [6.45, 7) is 1.95. The minimum absolute atomic E-state index is 0.0401. The number of hydrogen-bond donors (Lipinski definition) is 4. The quantitative estimate of drug-likeness (QED) is 0.203. The number of aliphatic hydroxyl groups excluding tert-OH is 1. The van der Waals surface area contributed by atoms with Crippen LogP contribution in [-0.4, -0.2) is 23.5 Å². The normalized spacial score (nSPS) is 14.5.